The van der Waals surface area contributed by atoms with Crippen molar-refractivity contribution >= 4 is 29.1 Å². The molecule has 0 bridgehead atoms. The van der Waals surface area contributed by atoms with Gasteiger partial charge in [0.25, 0.3) is 0 Å². The minimum absolute atomic E-state index is 0.0605. The summed E-state index contributed by atoms with van der Waals surface area (Å²) in [5.74, 6) is 0.681. The van der Waals surface area contributed by atoms with Crippen molar-refractivity contribution in [3.05, 3.63) is 63.6 Å². The Morgan fingerprint density at radius 2 is 1.74 bits per heavy atom. The van der Waals surface area contributed by atoms with Crippen molar-refractivity contribution in [2.45, 2.75) is 25.8 Å². The number of ether oxygens (including phenoxy) is 1. The van der Waals surface area contributed by atoms with Crippen LogP contribution in [0.4, 0.5) is 0 Å². The monoisotopic (exact) mass is 351 g/mol. The van der Waals surface area contributed by atoms with E-state index in [-0.39, 0.29) is 18.4 Å². The number of amides is 1. The average molecular weight is 352 g/mol. The lowest BCUT2D eigenvalue weighted by Gasteiger charge is -2.18. The molecule has 1 unspecified atom stereocenters. The van der Waals surface area contributed by atoms with Gasteiger partial charge in [0, 0.05) is 10.0 Å². The van der Waals surface area contributed by atoms with Gasteiger partial charge in [-0.2, -0.15) is 0 Å². The van der Waals surface area contributed by atoms with E-state index in [1.807, 2.05) is 31.2 Å². The van der Waals surface area contributed by atoms with E-state index in [1.54, 1.807) is 25.3 Å². The lowest BCUT2D eigenvalue weighted by Crippen LogP contribution is -2.29. The van der Waals surface area contributed by atoms with Crippen LogP contribution in [0.15, 0.2) is 42.5 Å². The molecular formula is C18H19Cl2NO2. The Morgan fingerprint density at radius 3 is 2.26 bits per heavy atom. The Kier molecular flexibility index (Phi) is 6.31. The molecule has 0 aliphatic heterocycles. The summed E-state index contributed by atoms with van der Waals surface area (Å²) in [7, 11) is 1.63. The minimum Gasteiger partial charge on any atom is -0.497 e. The molecule has 0 aliphatic rings. The maximum absolute atomic E-state index is 12.3. The zero-order chi connectivity index (χ0) is 16.8. The summed E-state index contributed by atoms with van der Waals surface area (Å²) in [5.41, 5.74) is 1.69. The van der Waals surface area contributed by atoms with Crippen molar-refractivity contribution in [1.82, 2.24) is 5.32 Å². The van der Waals surface area contributed by atoms with Crippen molar-refractivity contribution in [1.29, 1.82) is 0 Å². The summed E-state index contributed by atoms with van der Waals surface area (Å²) < 4.78 is 5.15. The molecule has 0 saturated carbocycles. The average Bonchev–Trinajstić information content (AvgIpc) is 2.56. The largest absolute Gasteiger partial charge is 0.497 e. The first kappa shape index (κ1) is 17.6. The second-order valence-corrected chi connectivity index (χ2v) is 5.99. The highest BCUT2D eigenvalue weighted by molar-refractivity contribution is 6.36. The number of nitrogens with one attached hydrogen (secondary N) is 1. The molecule has 122 valence electrons. The standard InChI is InChI=1S/C18H19Cl2NO2/c1-3-17(12-7-9-13(23-2)10-8-12)21-18(22)11-14-15(19)5-4-6-16(14)20/h4-10,17H,3,11H2,1-2H3,(H,21,22). The number of carbonyl (C=O) groups is 1. The molecule has 0 fully saturated rings. The molecule has 1 amide bonds. The first-order valence-corrected chi connectivity index (χ1v) is 8.17. The van der Waals surface area contributed by atoms with Crippen LogP contribution >= 0.6 is 23.2 Å². The van der Waals surface area contributed by atoms with Gasteiger partial charge in [0.15, 0.2) is 0 Å². The fraction of sp³-hybridized carbons (Fsp3) is 0.278. The zero-order valence-corrected chi connectivity index (χ0v) is 14.6. The third kappa shape index (κ3) is 4.63. The van der Waals surface area contributed by atoms with Crippen LogP contribution in [-0.2, 0) is 11.2 Å². The van der Waals surface area contributed by atoms with Gasteiger partial charge in [-0.15, -0.1) is 0 Å². The quantitative estimate of drug-likeness (QED) is 0.810. The number of hydrogen-bond donors (Lipinski definition) is 1. The molecular weight excluding hydrogens is 333 g/mol. The Labute approximate surface area is 146 Å². The number of rotatable bonds is 6. The van der Waals surface area contributed by atoms with Crippen LogP contribution in [0, 0.1) is 0 Å². The Balaban J connectivity index is 2.07. The molecule has 1 N–H and O–H groups in total. The number of carbonyl (C=O) groups excluding carboxylic acids is 1. The van der Waals surface area contributed by atoms with Crippen molar-refractivity contribution in [2.75, 3.05) is 7.11 Å². The molecule has 2 aromatic rings. The SMILES string of the molecule is CCC(NC(=O)Cc1c(Cl)cccc1Cl)c1ccc(OC)cc1. The van der Waals surface area contributed by atoms with Crippen LogP contribution in [0.25, 0.3) is 0 Å². The number of halogens is 2. The van der Waals surface area contributed by atoms with E-state index < -0.39 is 0 Å². The van der Waals surface area contributed by atoms with Crippen LogP contribution in [-0.4, -0.2) is 13.0 Å². The smallest absolute Gasteiger partial charge is 0.225 e. The van der Waals surface area contributed by atoms with Crippen LogP contribution in [0.3, 0.4) is 0 Å². The highest BCUT2D eigenvalue weighted by atomic mass is 35.5. The summed E-state index contributed by atoms with van der Waals surface area (Å²) >= 11 is 12.2. The summed E-state index contributed by atoms with van der Waals surface area (Å²) in [6, 6.07) is 12.8. The molecule has 0 aliphatic carbocycles. The van der Waals surface area contributed by atoms with Gasteiger partial charge >= 0.3 is 0 Å². The van der Waals surface area contributed by atoms with Crippen molar-refractivity contribution in [3.63, 3.8) is 0 Å². The molecule has 0 spiro atoms. The van der Waals surface area contributed by atoms with Gasteiger partial charge in [0.1, 0.15) is 5.75 Å². The normalized spacial score (nSPS) is 11.8. The molecule has 0 heterocycles. The third-order valence-electron chi connectivity index (χ3n) is 3.66. The van der Waals surface area contributed by atoms with E-state index in [2.05, 4.69) is 5.32 Å². The molecule has 3 nitrogen and oxygen atoms in total. The van der Waals surface area contributed by atoms with Gasteiger partial charge in [-0.1, -0.05) is 48.3 Å². The predicted molar refractivity (Wildman–Crippen MR) is 94.3 cm³/mol. The molecule has 5 heteroatoms. The maximum Gasteiger partial charge on any atom is 0.225 e. The van der Waals surface area contributed by atoms with E-state index in [0.29, 0.717) is 15.6 Å². The molecule has 0 radical (unpaired) electrons. The highest BCUT2D eigenvalue weighted by Gasteiger charge is 2.15. The fourth-order valence-corrected chi connectivity index (χ4v) is 2.90. The van der Waals surface area contributed by atoms with Gasteiger partial charge in [-0.25, -0.2) is 0 Å². The summed E-state index contributed by atoms with van der Waals surface area (Å²) in [6.07, 6.45) is 0.944. The third-order valence-corrected chi connectivity index (χ3v) is 4.37. The Hall–Kier alpha value is -1.71. The van der Waals surface area contributed by atoms with Crippen molar-refractivity contribution < 1.29 is 9.53 Å². The minimum atomic E-state index is -0.109. The van der Waals surface area contributed by atoms with E-state index in [4.69, 9.17) is 27.9 Å². The number of benzene rings is 2. The first-order valence-electron chi connectivity index (χ1n) is 7.41. The fourth-order valence-electron chi connectivity index (χ4n) is 2.36. The van der Waals surface area contributed by atoms with Gasteiger partial charge in [0.2, 0.25) is 5.91 Å². The van der Waals surface area contributed by atoms with Gasteiger partial charge in [-0.05, 0) is 41.8 Å². The predicted octanol–water partition coefficient (Wildman–Crippen LogP) is 4.81. The van der Waals surface area contributed by atoms with Crippen molar-refractivity contribution in [2.24, 2.45) is 0 Å². The van der Waals surface area contributed by atoms with Crippen LogP contribution in [0.1, 0.15) is 30.5 Å². The molecule has 23 heavy (non-hydrogen) atoms. The summed E-state index contributed by atoms with van der Waals surface area (Å²) in [4.78, 5) is 12.3. The summed E-state index contributed by atoms with van der Waals surface area (Å²) in [6.45, 7) is 2.03. The highest BCUT2D eigenvalue weighted by Crippen LogP contribution is 2.25. The number of methoxy groups -OCH3 is 1. The van der Waals surface area contributed by atoms with Gasteiger partial charge in [0.05, 0.1) is 19.6 Å². The van der Waals surface area contributed by atoms with Crippen LogP contribution < -0.4 is 10.1 Å². The summed E-state index contributed by atoms with van der Waals surface area (Å²) in [5, 5.41) is 4.04. The Morgan fingerprint density at radius 1 is 1.13 bits per heavy atom. The van der Waals surface area contributed by atoms with E-state index in [1.165, 1.54) is 0 Å². The van der Waals surface area contributed by atoms with Gasteiger partial charge in [-0.3, -0.25) is 4.79 Å². The van der Waals surface area contributed by atoms with Crippen molar-refractivity contribution in [3.8, 4) is 5.75 Å². The lowest BCUT2D eigenvalue weighted by atomic mass is 10.0. The zero-order valence-electron chi connectivity index (χ0n) is 13.1. The maximum atomic E-state index is 12.3. The lowest BCUT2D eigenvalue weighted by molar-refractivity contribution is -0.121. The van der Waals surface area contributed by atoms with E-state index in [9.17, 15) is 4.79 Å². The van der Waals surface area contributed by atoms with Crippen LogP contribution in [0.2, 0.25) is 10.0 Å². The molecule has 2 aromatic carbocycles. The second-order valence-electron chi connectivity index (χ2n) is 5.18. The number of hydrogen-bond acceptors (Lipinski definition) is 2. The molecule has 2 rings (SSSR count). The molecule has 0 saturated heterocycles. The van der Waals surface area contributed by atoms with Gasteiger partial charge < -0.3 is 10.1 Å². The topological polar surface area (TPSA) is 38.3 Å². The van der Waals surface area contributed by atoms with E-state index >= 15 is 0 Å². The Bertz CT molecular complexity index is 651. The second kappa shape index (κ2) is 8.23. The van der Waals surface area contributed by atoms with Crippen LogP contribution in [0.5, 0.6) is 5.75 Å². The molecule has 0 aromatic heterocycles. The van der Waals surface area contributed by atoms with E-state index in [0.717, 1.165) is 17.7 Å². The first-order chi connectivity index (χ1) is 11.0. The molecule has 1 atom stereocenters.